The van der Waals surface area contributed by atoms with Gasteiger partial charge in [-0.25, -0.2) is 0 Å². The van der Waals surface area contributed by atoms with Crippen LogP contribution >= 0.6 is 0 Å². The second-order valence-electron chi connectivity index (χ2n) is 5.88. The lowest BCUT2D eigenvalue weighted by atomic mass is 9.92. The van der Waals surface area contributed by atoms with E-state index in [1.54, 1.807) is 0 Å². The molecule has 16 heavy (non-hydrogen) atoms. The van der Waals surface area contributed by atoms with Crippen molar-refractivity contribution < 1.29 is 4.79 Å². The molecule has 1 heterocycles. The molecule has 0 spiro atoms. The molecule has 1 saturated heterocycles. The number of piperidine rings is 1. The average molecular weight is 224 g/mol. The van der Waals surface area contributed by atoms with Crippen LogP contribution in [0.5, 0.6) is 0 Å². The summed E-state index contributed by atoms with van der Waals surface area (Å²) in [5.74, 6) is 0.953. The van der Waals surface area contributed by atoms with Crippen LogP contribution in [0.15, 0.2) is 0 Å². The molecule has 1 aliphatic heterocycles. The van der Waals surface area contributed by atoms with E-state index >= 15 is 0 Å². The third-order valence-corrected chi connectivity index (χ3v) is 3.81. The molecule has 1 saturated carbocycles. The highest BCUT2D eigenvalue weighted by Gasteiger charge is 2.49. The zero-order valence-electron chi connectivity index (χ0n) is 10.5. The van der Waals surface area contributed by atoms with Gasteiger partial charge in [-0.1, -0.05) is 13.8 Å². The van der Waals surface area contributed by atoms with Gasteiger partial charge in [-0.15, -0.1) is 0 Å². The maximum Gasteiger partial charge on any atom is 0.226 e. The van der Waals surface area contributed by atoms with Crippen LogP contribution in [-0.4, -0.2) is 25.0 Å². The third-order valence-electron chi connectivity index (χ3n) is 3.81. The van der Waals surface area contributed by atoms with Gasteiger partial charge >= 0.3 is 0 Å². The van der Waals surface area contributed by atoms with Crippen molar-refractivity contribution in [2.75, 3.05) is 13.1 Å². The summed E-state index contributed by atoms with van der Waals surface area (Å²) in [5, 5.41) is 6.57. The number of carbonyl (C=O) groups excluding carboxylic acids is 1. The standard InChI is InChI=1S/C13H24N2O/c1-10(2)9-13(5-6-13)12(16)15-11-3-7-14-8-4-11/h10-11,14H,3-9H2,1-2H3,(H,15,16). The molecule has 0 aromatic heterocycles. The highest BCUT2D eigenvalue weighted by molar-refractivity contribution is 5.85. The first-order valence-corrected chi connectivity index (χ1v) is 6.64. The van der Waals surface area contributed by atoms with E-state index in [1.165, 1.54) is 0 Å². The molecule has 3 heteroatoms. The molecular formula is C13H24N2O. The minimum Gasteiger partial charge on any atom is -0.353 e. The molecular weight excluding hydrogens is 200 g/mol. The fourth-order valence-corrected chi connectivity index (χ4v) is 2.76. The first kappa shape index (κ1) is 11.9. The molecule has 0 bridgehead atoms. The van der Waals surface area contributed by atoms with E-state index in [0.717, 1.165) is 45.2 Å². The van der Waals surface area contributed by atoms with Gasteiger partial charge in [-0.3, -0.25) is 4.79 Å². The van der Waals surface area contributed by atoms with E-state index in [4.69, 9.17) is 0 Å². The van der Waals surface area contributed by atoms with Crippen LogP contribution in [-0.2, 0) is 4.79 Å². The summed E-state index contributed by atoms with van der Waals surface area (Å²) in [7, 11) is 0. The van der Waals surface area contributed by atoms with Crippen LogP contribution in [0.4, 0.5) is 0 Å². The number of carbonyl (C=O) groups is 1. The molecule has 0 unspecified atom stereocenters. The summed E-state index contributed by atoms with van der Waals surface area (Å²) >= 11 is 0. The van der Waals surface area contributed by atoms with Crippen molar-refractivity contribution in [2.45, 2.75) is 52.0 Å². The van der Waals surface area contributed by atoms with Crippen LogP contribution in [0.1, 0.15) is 46.0 Å². The number of hydrogen-bond acceptors (Lipinski definition) is 2. The summed E-state index contributed by atoms with van der Waals surface area (Å²) in [6.45, 7) is 6.50. The molecule has 3 nitrogen and oxygen atoms in total. The molecule has 1 aliphatic carbocycles. The Balaban J connectivity index is 1.82. The Morgan fingerprint density at radius 1 is 1.38 bits per heavy atom. The van der Waals surface area contributed by atoms with Crippen molar-refractivity contribution in [1.29, 1.82) is 0 Å². The molecule has 0 atom stereocenters. The smallest absolute Gasteiger partial charge is 0.226 e. The van der Waals surface area contributed by atoms with Gasteiger partial charge in [0.1, 0.15) is 0 Å². The van der Waals surface area contributed by atoms with Crippen LogP contribution in [0.25, 0.3) is 0 Å². The van der Waals surface area contributed by atoms with Crippen molar-refractivity contribution in [3.63, 3.8) is 0 Å². The summed E-state index contributed by atoms with van der Waals surface area (Å²) in [4.78, 5) is 12.2. The first-order valence-electron chi connectivity index (χ1n) is 6.64. The lowest BCUT2D eigenvalue weighted by molar-refractivity contribution is -0.127. The Labute approximate surface area is 98.4 Å². The quantitative estimate of drug-likeness (QED) is 0.763. The van der Waals surface area contributed by atoms with Crippen LogP contribution in [0.2, 0.25) is 0 Å². The summed E-state index contributed by atoms with van der Waals surface area (Å²) < 4.78 is 0. The normalized spacial score (nSPS) is 24.4. The fraction of sp³-hybridized carbons (Fsp3) is 0.923. The van der Waals surface area contributed by atoms with E-state index in [0.29, 0.717) is 17.9 Å². The maximum absolute atomic E-state index is 12.2. The highest BCUT2D eigenvalue weighted by atomic mass is 16.2. The molecule has 1 amide bonds. The van der Waals surface area contributed by atoms with Crippen molar-refractivity contribution in [3.8, 4) is 0 Å². The number of rotatable bonds is 4. The fourth-order valence-electron chi connectivity index (χ4n) is 2.76. The van der Waals surface area contributed by atoms with E-state index in [9.17, 15) is 4.79 Å². The Kier molecular flexibility index (Phi) is 3.53. The summed E-state index contributed by atoms with van der Waals surface area (Å²) in [6, 6.07) is 0.415. The molecule has 0 radical (unpaired) electrons. The van der Waals surface area contributed by atoms with E-state index in [-0.39, 0.29) is 5.41 Å². The number of nitrogens with one attached hydrogen (secondary N) is 2. The van der Waals surface area contributed by atoms with Crippen molar-refractivity contribution in [3.05, 3.63) is 0 Å². The van der Waals surface area contributed by atoms with Gasteiger partial charge in [0, 0.05) is 11.5 Å². The second kappa shape index (κ2) is 4.74. The van der Waals surface area contributed by atoms with E-state index < -0.39 is 0 Å². The van der Waals surface area contributed by atoms with Gasteiger partial charge in [0.05, 0.1) is 0 Å². The van der Waals surface area contributed by atoms with Crippen LogP contribution in [0, 0.1) is 11.3 Å². The minimum absolute atomic E-state index is 0.0129. The molecule has 0 aromatic rings. The zero-order valence-corrected chi connectivity index (χ0v) is 10.5. The maximum atomic E-state index is 12.2. The topological polar surface area (TPSA) is 41.1 Å². The minimum atomic E-state index is 0.0129. The monoisotopic (exact) mass is 224 g/mol. The lowest BCUT2D eigenvalue weighted by Gasteiger charge is -2.26. The highest BCUT2D eigenvalue weighted by Crippen LogP contribution is 2.50. The molecule has 2 fully saturated rings. The van der Waals surface area contributed by atoms with Crippen molar-refractivity contribution in [2.24, 2.45) is 11.3 Å². The van der Waals surface area contributed by atoms with Gasteiger partial charge in [0.15, 0.2) is 0 Å². The largest absolute Gasteiger partial charge is 0.353 e. The summed E-state index contributed by atoms with van der Waals surface area (Å²) in [6.07, 6.45) is 5.43. The second-order valence-corrected chi connectivity index (χ2v) is 5.88. The van der Waals surface area contributed by atoms with Gasteiger partial charge in [0.2, 0.25) is 5.91 Å². The SMILES string of the molecule is CC(C)CC1(C(=O)NC2CCNCC2)CC1. The lowest BCUT2D eigenvalue weighted by Crippen LogP contribution is -2.45. The Morgan fingerprint density at radius 2 is 2.00 bits per heavy atom. The Hall–Kier alpha value is -0.570. The third kappa shape index (κ3) is 2.76. The predicted molar refractivity (Wildman–Crippen MR) is 65.2 cm³/mol. The van der Waals surface area contributed by atoms with Crippen molar-refractivity contribution in [1.82, 2.24) is 10.6 Å². The Bertz CT molecular complexity index is 253. The zero-order chi connectivity index (χ0) is 11.6. The molecule has 0 aromatic carbocycles. The number of amides is 1. The molecule has 2 N–H and O–H groups in total. The van der Waals surface area contributed by atoms with Gasteiger partial charge in [-0.05, 0) is 51.1 Å². The first-order chi connectivity index (χ1) is 7.62. The molecule has 92 valence electrons. The number of hydrogen-bond donors (Lipinski definition) is 2. The summed E-state index contributed by atoms with van der Waals surface area (Å²) in [5.41, 5.74) is 0.0129. The predicted octanol–water partition coefficient (Wildman–Crippen LogP) is 1.68. The van der Waals surface area contributed by atoms with E-state index in [2.05, 4.69) is 24.5 Å². The van der Waals surface area contributed by atoms with Crippen molar-refractivity contribution >= 4 is 5.91 Å². The van der Waals surface area contributed by atoms with Gasteiger partial charge in [0.25, 0.3) is 0 Å². The van der Waals surface area contributed by atoms with E-state index in [1.807, 2.05) is 0 Å². The molecule has 2 aliphatic rings. The molecule has 2 rings (SSSR count). The van der Waals surface area contributed by atoms with Gasteiger partial charge < -0.3 is 10.6 Å². The van der Waals surface area contributed by atoms with Gasteiger partial charge in [-0.2, -0.15) is 0 Å². The average Bonchev–Trinajstić information content (AvgIpc) is 2.99. The Morgan fingerprint density at radius 3 is 2.50 bits per heavy atom. The van der Waals surface area contributed by atoms with Crippen LogP contribution in [0.3, 0.4) is 0 Å². The van der Waals surface area contributed by atoms with Crippen LogP contribution < -0.4 is 10.6 Å².